The SMILES string of the molecule is CC(C)Nc1ccc2cnn(-c3cncc(-c4ccc(C(=O)NS(C)(=O)=O)cc4)n3)c2c1. The van der Waals surface area contributed by atoms with E-state index in [9.17, 15) is 13.2 Å². The van der Waals surface area contributed by atoms with E-state index >= 15 is 0 Å². The number of nitrogens with one attached hydrogen (secondary N) is 2. The lowest BCUT2D eigenvalue weighted by Gasteiger charge is -2.11. The first-order chi connectivity index (χ1) is 15.2. The molecule has 4 rings (SSSR count). The maximum absolute atomic E-state index is 12.0. The van der Waals surface area contributed by atoms with Crippen molar-refractivity contribution < 1.29 is 13.2 Å². The predicted octanol–water partition coefficient (Wildman–Crippen LogP) is 2.99. The Morgan fingerprint density at radius 2 is 1.78 bits per heavy atom. The molecule has 0 aliphatic heterocycles. The lowest BCUT2D eigenvalue weighted by molar-refractivity contribution is 0.0981. The van der Waals surface area contributed by atoms with Gasteiger partial charge >= 0.3 is 0 Å². The molecule has 0 radical (unpaired) electrons. The molecule has 0 bridgehead atoms. The lowest BCUT2D eigenvalue weighted by Crippen LogP contribution is -2.29. The first kappa shape index (κ1) is 21.4. The zero-order valence-electron chi connectivity index (χ0n) is 17.8. The van der Waals surface area contributed by atoms with Gasteiger partial charge in [0, 0.05) is 28.2 Å². The first-order valence-corrected chi connectivity index (χ1v) is 11.8. The van der Waals surface area contributed by atoms with E-state index in [0.717, 1.165) is 28.4 Å². The molecule has 10 heteroatoms. The number of benzene rings is 2. The molecule has 32 heavy (non-hydrogen) atoms. The van der Waals surface area contributed by atoms with E-state index in [1.807, 2.05) is 22.9 Å². The van der Waals surface area contributed by atoms with Crippen molar-refractivity contribution in [3.05, 3.63) is 66.6 Å². The van der Waals surface area contributed by atoms with Gasteiger partial charge in [-0.15, -0.1) is 0 Å². The van der Waals surface area contributed by atoms with E-state index in [4.69, 9.17) is 0 Å². The minimum Gasteiger partial charge on any atom is -0.383 e. The highest BCUT2D eigenvalue weighted by atomic mass is 32.2. The number of carbonyl (C=O) groups excluding carboxylic acids is 1. The smallest absolute Gasteiger partial charge is 0.264 e. The zero-order chi connectivity index (χ0) is 22.9. The van der Waals surface area contributed by atoms with Crippen LogP contribution < -0.4 is 10.0 Å². The number of hydrogen-bond donors (Lipinski definition) is 2. The molecule has 0 saturated carbocycles. The predicted molar refractivity (Wildman–Crippen MR) is 123 cm³/mol. The molecule has 0 spiro atoms. The third kappa shape index (κ3) is 4.75. The van der Waals surface area contributed by atoms with Gasteiger partial charge in [0.2, 0.25) is 10.0 Å². The summed E-state index contributed by atoms with van der Waals surface area (Å²) in [5.74, 6) is -0.134. The molecule has 4 aromatic rings. The molecular formula is C22H22N6O3S. The number of rotatable bonds is 6. The topological polar surface area (TPSA) is 119 Å². The van der Waals surface area contributed by atoms with Crippen LogP contribution in [0.3, 0.4) is 0 Å². The average Bonchev–Trinajstić information content (AvgIpc) is 3.15. The minimum atomic E-state index is -3.63. The molecule has 0 unspecified atom stereocenters. The quantitative estimate of drug-likeness (QED) is 0.463. The summed E-state index contributed by atoms with van der Waals surface area (Å²) >= 11 is 0. The molecule has 9 nitrogen and oxygen atoms in total. The van der Waals surface area contributed by atoms with Crippen LogP contribution in [0.1, 0.15) is 24.2 Å². The number of hydrogen-bond acceptors (Lipinski definition) is 7. The Morgan fingerprint density at radius 3 is 2.47 bits per heavy atom. The minimum absolute atomic E-state index is 0.228. The van der Waals surface area contributed by atoms with Gasteiger partial charge in [-0.3, -0.25) is 9.78 Å². The van der Waals surface area contributed by atoms with Crippen molar-refractivity contribution in [3.63, 3.8) is 0 Å². The van der Waals surface area contributed by atoms with Crippen LogP contribution in [0.4, 0.5) is 5.69 Å². The summed E-state index contributed by atoms with van der Waals surface area (Å²) in [4.78, 5) is 21.0. The summed E-state index contributed by atoms with van der Waals surface area (Å²) in [6.07, 6.45) is 5.96. The number of nitrogens with zero attached hydrogens (tertiary/aromatic N) is 4. The Kier molecular flexibility index (Phi) is 5.62. The van der Waals surface area contributed by atoms with Crippen LogP contribution >= 0.6 is 0 Å². The fourth-order valence-electron chi connectivity index (χ4n) is 3.24. The number of fused-ring (bicyclic) bond motifs is 1. The van der Waals surface area contributed by atoms with Crippen LogP contribution in [-0.4, -0.2) is 46.4 Å². The van der Waals surface area contributed by atoms with Gasteiger partial charge < -0.3 is 5.32 Å². The van der Waals surface area contributed by atoms with Crippen molar-refractivity contribution in [2.24, 2.45) is 0 Å². The highest BCUT2D eigenvalue weighted by molar-refractivity contribution is 7.89. The van der Waals surface area contributed by atoms with E-state index in [1.165, 1.54) is 12.1 Å². The normalized spacial score (nSPS) is 11.6. The number of carbonyl (C=O) groups is 1. The molecule has 0 fully saturated rings. The van der Waals surface area contributed by atoms with Crippen LogP contribution in [0.15, 0.2) is 61.1 Å². The second-order valence-corrected chi connectivity index (χ2v) is 9.42. The number of aromatic nitrogens is 4. The first-order valence-electron chi connectivity index (χ1n) is 9.89. The third-order valence-corrected chi connectivity index (χ3v) is 5.14. The molecular weight excluding hydrogens is 428 g/mol. The molecule has 1 amide bonds. The van der Waals surface area contributed by atoms with Crippen LogP contribution in [0.25, 0.3) is 28.0 Å². The van der Waals surface area contributed by atoms with E-state index < -0.39 is 15.9 Å². The fraction of sp³-hybridized carbons (Fsp3) is 0.182. The van der Waals surface area contributed by atoms with Crippen molar-refractivity contribution in [1.82, 2.24) is 24.5 Å². The van der Waals surface area contributed by atoms with Crippen molar-refractivity contribution in [3.8, 4) is 17.1 Å². The van der Waals surface area contributed by atoms with Crippen molar-refractivity contribution >= 4 is 32.5 Å². The van der Waals surface area contributed by atoms with Gasteiger partial charge in [-0.05, 0) is 44.2 Å². The van der Waals surface area contributed by atoms with Gasteiger partial charge in [-0.2, -0.15) is 5.10 Å². The maximum Gasteiger partial charge on any atom is 0.264 e. The molecule has 0 saturated heterocycles. The molecule has 164 valence electrons. The van der Waals surface area contributed by atoms with Gasteiger partial charge in [0.1, 0.15) is 0 Å². The Morgan fingerprint density at radius 1 is 1.03 bits per heavy atom. The molecule has 2 aromatic carbocycles. The summed E-state index contributed by atoms with van der Waals surface area (Å²) < 4.78 is 26.2. The second-order valence-electron chi connectivity index (χ2n) is 7.67. The number of amides is 1. The summed E-state index contributed by atoms with van der Waals surface area (Å²) in [6, 6.07) is 12.8. The standard InChI is InChI=1S/C22H22N6O3S/c1-14(2)25-18-9-8-17-11-24-28(20(17)10-18)21-13-23-12-19(26-21)15-4-6-16(7-5-15)22(29)27-32(3,30)31/h4-14,25H,1-3H3,(H,27,29). The highest BCUT2D eigenvalue weighted by Gasteiger charge is 2.13. The van der Waals surface area contributed by atoms with Crippen LogP contribution in [-0.2, 0) is 10.0 Å². The van der Waals surface area contributed by atoms with Crippen molar-refractivity contribution in [2.45, 2.75) is 19.9 Å². The third-order valence-electron chi connectivity index (χ3n) is 4.59. The summed E-state index contributed by atoms with van der Waals surface area (Å²) in [5, 5.41) is 8.83. The molecule has 0 atom stereocenters. The summed E-state index contributed by atoms with van der Waals surface area (Å²) in [5.41, 5.74) is 3.44. The Balaban J connectivity index is 1.65. The van der Waals surface area contributed by atoms with Crippen LogP contribution in [0, 0.1) is 0 Å². The van der Waals surface area contributed by atoms with Gasteiger partial charge in [0.25, 0.3) is 5.91 Å². The van der Waals surface area contributed by atoms with Gasteiger partial charge in [-0.25, -0.2) is 22.8 Å². The fourth-order valence-corrected chi connectivity index (χ4v) is 3.70. The van der Waals surface area contributed by atoms with Gasteiger partial charge in [0.15, 0.2) is 5.82 Å². The summed E-state index contributed by atoms with van der Waals surface area (Å²) in [7, 11) is -3.63. The van der Waals surface area contributed by atoms with Gasteiger partial charge in [0.05, 0.1) is 36.1 Å². The highest BCUT2D eigenvalue weighted by Crippen LogP contribution is 2.23. The lowest BCUT2D eigenvalue weighted by atomic mass is 10.1. The molecule has 0 aliphatic carbocycles. The van der Waals surface area contributed by atoms with Crippen molar-refractivity contribution in [1.29, 1.82) is 0 Å². The monoisotopic (exact) mass is 450 g/mol. The molecule has 2 aromatic heterocycles. The molecule has 2 N–H and O–H groups in total. The molecule has 0 aliphatic rings. The number of sulfonamides is 1. The average molecular weight is 451 g/mol. The van der Waals surface area contributed by atoms with E-state index in [2.05, 4.69) is 34.2 Å². The second kappa shape index (κ2) is 8.39. The zero-order valence-corrected chi connectivity index (χ0v) is 18.6. The number of anilines is 1. The maximum atomic E-state index is 12.0. The Hall–Kier alpha value is -3.79. The largest absolute Gasteiger partial charge is 0.383 e. The summed E-state index contributed by atoms with van der Waals surface area (Å²) in [6.45, 7) is 4.15. The Bertz CT molecular complexity index is 1390. The van der Waals surface area contributed by atoms with Crippen molar-refractivity contribution in [2.75, 3.05) is 11.6 Å². The van der Waals surface area contributed by atoms with E-state index in [-0.39, 0.29) is 5.56 Å². The Labute approximate surface area is 185 Å². The van der Waals surface area contributed by atoms with E-state index in [0.29, 0.717) is 17.6 Å². The van der Waals surface area contributed by atoms with Gasteiger partial charge in [-0.1, -0.05) is 12.1 Å². The van der Waals surface area contributed by atoms with Crippen LogP contribution in [0.2, 0.25) is 0 Å². The van der Waals surface area contributed by atoms with E-state index in [1.54, 1.807) is 35.4 Å². The van der Waals surface area contributed by atoms with Crippen LogP contribution in [0.5, 0.6) is 0 Å². The molecule has 2 heterocycles.